The average molecular weight is 336 g/mol. The van der Waals surface area contributed by atoms with Crippen molar-refractivity contribution in [2.24, 2.45) is 5.73 Å². The number of carbonyl (C=O) groups excluding carboxylic acids is 2. The summed E-state index contributed by atoms with van der Waals surface area (Å²) in [5.41, 5.74) is 4.96. The van der Waals surface area contributed by atoms with Crippen molar-refractivity contribution in [1.82, 2.24) is 9.96 Å². The van der Waals surface area contributed by atoms with E-state index in [0.29, 0.717) is 17.9 Å². The van der Waals surface area contributed by atoms with E-state index in [4.69, 9.17) is 20.4 Å². The summed E-state index contributed by atoms with van der Waals surface area (Å²) in [6.07, 6.45) is 0.699. The number of piperidine rings is 1. The lowest BCUT2D eigenvalue weighted by atomic mass is 10.0. The summed E-state index contributed by atoms with van der Waals surface area (Å²) in [5.74, 6) is -0.775. The first-order valence-corrected chi connectivity index (χ1v) is 7.82. The molecule has 0 saturated carbocycles. The Morgan fingerprint density at radius 3 is 2.73 bits per heavy atom. The van der Waals surface area contributed by atoms with Gasteiger partial charge in [0.15, 0.2) is 0 Å². The second-order valence-electron chi connectivity index (χ2n) is 4.94. The molecule has 2 atom stereocenters. The van der Waals surface area contributed by atoms with Crippen molar-refractivity contribution in [3.05, 3.63) is 0 Å². The van der Waals surface area contributed by atoms with Gasteiger partial charge in [0.25, 0.3) is 0 Å². The van der Waals surface area contributed by atoms with Crippen molar-refractivity contribution in [2.45, 2.75) is 31.3 Å². The highest BCUT2D eigenvalue weighted by atomic mass is 32.3. The number of fused-ring (bicyclic) bond motifs is 2. The largest absolute Gasteiger partial charge is 0.479 e. The molecule has 0 aliphatic carbocycles. The smallest absolute Gasteiger partial charge is 0.418 e. The number of ether oxygens (including phenoxy) is 1. The number of amides is 3. The Morgan fingerprint density at radius 1 is 1.45 bits per heavy atom. The van der Waals surface area contributed by atoms with E-state index in [1.54, 1.807) is 0 Å². The van der Waals surface area contributed by atoms with Crippen LogP contribution in [0.4, 0.5) is 4.79 Å². The Hall–Kier alpha value is -1.92. The van der Waals surface area contributed by atoms with Crippen LogP contribution in [0.15, 0.2) is 0 Å². The molecule has 3 amide bonds. The summed E-state index contributed by atoms with van der Waals surface area (Å²) >= 11 is 0. The fraction of sp³-hybridized carbons (Fsp3) is 0.700. The molecule has 0 aromatic heterocycles. The molecule has 12 heteroatoms. The third kappa shape index (κ3) is 3.64. The number of hydrogen-bond donors (Lipinski definition) is 3. The Bertz CT molecular complexity index is 592. The molecule has 0 aromatic rings. The fourth-order valence-corrected chi connectivity index (χ4v) is 2.85. The second kappa shape index (κ2) is 6.06. The molecule has 11 nitrogen and oxygen atoms in total. The molecule has 2 fully saturated rings. The van der Waals surface area contributed by atoms with Gasteiger partial charge in [0, 0.05) is 6.54 Å². The molecule has 2 bridgehead atoms. The summed E-state index contributed by atoms with van der Waals surface area (Å²) in [4.78, 5) is 23.9. The number of hydrogen-bond acceptors (Lipinski definition) is 7. The lowest BCUT2D eigenvalue weighted by molar-refractivity contribution is -0.118. The predicted octanol–water partition coefficient (Wildman–Crippen LogP) is -1.14. The van der Waals surface area contributed by atoms with Gasteiger partial charge in [0.05, 0.1) is 19.1 Å². The van der Waals surface area contributed by atoms with Gasteiger partial charge in [-0.05, 0) is 12.8 Å². The minimum atomic E-state index is -4.80. The number of rotatable bonds is 6. The van der Waals surface area contributed by atoms with Gasteiger partial charge in [0.2, 0.25) is 11.8 Å². The van der Waals surface area contributed by atoms with E-state index in [1.165, 1.54) is 4.90 Å². The Kier molecular flexibility index (Phi) is 4.53. The van der Waals surface area contributed by atoms with E-state index in [-0.39, 0.29) is 25.5 Å². The van der Waals surface area contributed by atoms with Crippen molar-refractivity contribution in [1.29, 1.82) is 5.41 Å². The van der Waals surface area contributed by atoms with Crippen LogP contribution in [0.5, 0.6) is 0 Å². The standard InChI is InChI=1S/C10H16N4O7S/c11-8(15)3-4-20-9(12)7-2-1-6-5-13(7)10(16)14(6)21-22(17,18)19/h6-7,12H,1-5H2,(H2,11,15)(H,17,18,19)/t6-,7+/m1/s1. The summed E-state index contributed by atoms with van der Waals surface area (Å²) in [6, 6.07) is -1.97. The average Bonchev–Trinajstić information content (AvgIpc) is 2.62. The van der Waals surface area contributed by atoms with Gasteiger partial charge in [-0.1, -0.05) is 0 Å². The van der Waals surface area contributed by atoms with Gasteiger partial charge in [-0.2, -0.15) is 13.5 Å². The Balaban J connectivity index is 1.99. The minimum absolute atomic E-state index is 0.0519. The molecule has 2 saturated heterocycles. The van der Waals surface area contributed by atoms with Crippen LogP contribution in [-0.2, 0) is 24.2 Å². The van der Waals surface area contributed by atoms with E-state index in [9.17, 15) is 18.0 Å². The molecule has 2 heterocycles. The Labute approximate surface area is 126 Å². The molecule has 2 aliphatic heterocycles. The van der Waals surface area contributed by atoms with Gasteiger partial charge in [-0.3, -0.25) is 14.8 Å². The number of primary amides is 1. The first-order chi connectivity index (χ1) is 10.2. The lowest BCUT2D eigenvalue weighted by Gasteiger charge is -2.30. The summed E-state index contributed by atoms with van der Waals surface area (Å²) in [7, 11) is -4.80. The zero-order valence-electron chi connectivity index (χ0n) is 11.5. The second-order valence-corrected chi connectivity index (χ2v) is 5.94. The van der Waals surface area contributed by atoms with E-state index >= 15 is 0 Å². The first-order valence-electron chi connectivity index (χ1n) is 6.45. The minimum Gasteiger partial charge on any atom is -0.479 e. The van der Waals surface area contributed by atoms with Crippen molar-refractivity contribution < 1.29 is 31.6 Å². The van der Waals surface area contributed by atoms with Gasteiger partial charge < -0.3 is 15.4 Å². The molecule has 22 heavy (non-hydrogen) atoms. The molecule has 0 unspecified atom stereocenters. The quantitative estimate of drug-likeness (QED) is 0.313. The monoisotopic (exact) mass is 336 g/mol. The molecular weight excluding hydrogens is 320 g/mol. The number of nitrogens with zero attached hydrogens (tertiary/aromatic N) is 2. The van der Waals surface area contributed by atoms with E-state index in [0.717, 1.165) is 0 Å². The van der Waals surface area contributed by atoms with Crippen molar-refractivity contribution in [3.8, 4) is 0 Å². The number of urea groups is 1. The third-order valence-electron chi connectivity index (χ3n) is 3.41. The van der Waals surface area contributed by atoms with Crippen molar-refractivity contribution in [2.75, 3.05) is 13.2 Å². The summed E-state index contributed by atoms with van der Waals surface area (Å²) in [5, 5.41) is 8.41. The highest BCUT2D eigenvalue weighted by Crippen LogP contribution is 2.31. The topological polar surface area (TPSA) is 163 Å². The molecule has 124 valence electrons. The summed E-state index contributed by atoms with van der Waals surface area (Å²) < 4.78 is 39.5. The first kappa shape index (κ1) is 16.5. The van der Waals surface area contributed by atoms with Crippen LogP contribution in [0.2, 0.25) is 0 Å². The number of carbonyl (C=O) groups is 2. The zero-order valence-corrected chi connectivity index (χ0v) is 12.3. The normalized spacial score (nSPS) is 24.5. The van der Waals surface area contributed by atoms with Crippen LogP contribution < -0.4 is 5.73 Å². The Morgan fingerprint density at radius 2 is 2.14 bits per heavy atom. The van der Waals surface area contributed by atoms with Crippen LogP contribution in [0.1, 0.15) is 19.3 Å². The highest BCUT2D eigenvalue weighted by Gasteiger charge is 2.48. The van der Waals surface area contributed by atoms with Crippen LogP contribution >= 0.6 is 0 Å². The van der Waals surface area contributed by atoms with Crippen molar-refractivity contribution in [3.63, 3.8) is 0 Å². The van der Waals surface area contributed by atoms with Gasteiger partial charge in [-0.25, -0.2) is 4.79 Å². The summed E-state index contributed by atoms with van der Waals surface area (Å²) in [6.45, 7) is 0.0853. The van der Waals surface area contributed by atoms with Gasteiger partial charge >= 0.3 is 16.4 Å². The lowest BCUT2D eigenvalue weighted by Crippen LogP contribution is -2.45. The molecule has 0 radical (unpaired) electrons. The molecule has 0 aromatic carbocycles. The number of hydroxylamine groups is 2. The third-order valence-corrected chi connectivity index (χ3v) is 3.76. The van der Waals surface area contributed by atoms with Gasteiger partial charge in [-0.15, -0.1) is 4.28 Å². The molecular formula is C10H16N4O7S. The SMILES string of the molecule is N=C(OCCC(N)=O)[C@@H]1CC[C@@H]2CN1C(=O)N2OS(=O)(=O)O. The van der Waals surface area contributed by atoms with Crippen LogP contribution in [0.25, 0.3) is 0 Å². The van der Waals surface area contributed by atoms with Crippen LogP contribution in [0.3, 0.4) is 0 Å². The number of nitrogens with two attached hydrogens (primary N) is 1. The molecule has 2 aliphatic rings. The molecule has 2 rings (SSSR count). The maximum Gasteiger partial charge on any atom is 0.418 e. The van der Waals surface area contributed by atoms with E-state index in [2.05, 4.69) is 4.28 Å². The van der Waals surface area contributed by atoms with Crippen LogP contribution in [-0.4, -0.2) is 66.0 Å². The maximum absolute atomic E-state index is 12.1. The highest BCUT2D eigenvalue weighted by molar-refractivity contribution is 7.80. The van der Waals surface area contributed by atoms with Gasteiger partial charge in [0.1, 0.15) is 6.04 Å². The van der Waals surface area contributed by atoms with E-state index < -0.39 is 34.4 Å². The van der Waals surface area contributed by atoms with Crippen molar-refractivity contribution >= 4 is 28.2 Å². The maximum atomic E-state index is 12.1. The predicted molar refractivity (Wildman–Crippen MR) is 70.9 cm³/mol. The fourth-order valence-electron chi connectivity index (χ4n) is 2.46. The van der Waals surface area contributed by atoms with E-state index in [1.807, 2.05) is 0 Å². The van der Waals surface area contributed by atoms with Crippen LogP contribution in [0, 0.1) is 5.41 Å². The molecule has 4 N–H and O–H groups in total. The number of nitrogens with one attached hydrogen (secondary N) is 1. The zero-order chi connectivity index (χ0) is 16.5. The molecule has 0 spiro atoms.